The Labute approximate surface area is 175 Å². The first-order valence-corrected chi connectivity index (χ1v) is 10.8. The van der Waals surface area contributed by atoms with Crippen LogP contribution in [-0.4, -0.2) is 56.6 Å². The summed E-state index contributed by atoms with van der Waals surface area (Å²) >= 11 is 0. The molecule has 0 aliphatic heterocycles. The van der Waals surface area contributed by atoms with Crippen molar-refractivity contribution in [2.24, 2.45) is 0 Å². The summed E-state index contributed by atoms with van der Waals surface area (Å²) in [6, 6.07) is 3.98. The molecule has 7 nitrogen and oxygen atoms in total. The average molecular weight is 407 g/mol. The molecule has 164 valence electrons. The molecule has 0 aliphatic rings. The fourth-order valence-corrected chi connectivity index (χ4v) is 3.08. The van der Waals surface area contributed by atoms with Gasteiger partial charge in [0.05, 0.1) is 12.2 Å². The summed E-state index contributed by atoms with van der Waals surface area (Å²) in [7, 11) is 1.63. The molecule has 0 spiro atoms. The summed E-state index contributed by atoms with van der Waals surface area (Å²) in [5.74, 6) is 1.33. The van der Waals surface area contributed by atoms with Gasteiger partial charge in [-0.1, -0.05) is 26.2 Å². The minimum atomic E-state index is -0.140. The molecular formula is C22H38N4O3. The maximum Gasteiger partial charge on any atom is 0.254 e. The van der Waals surface area contributed by atoms with Crippen molar-refractivity contribution in [3.63, 3.8) is 0 Å². The van der Waals surface area contributed by atoms with E-state index in [0.29, 0.717) is 31.0 Å². The first kappa shape index (κ1) is 24.9. The van der Waals surface area contributed by atoms with Crippen LogP contribution in [-0.2, 0) is 9.53 Å². The number of aromatic nitrogens is 1. The highest BCUT2D eigenvalue weighted by Crippen LogP contribution is 2.21. The predicted molar refractivity (Wildman–Crippen MR) is 119 cm³/mol. The van der Waals surface area contributed by atoms with E-state index in [9.17, 15) is 9.59 Å². The molecule has 29 heavy (non-hydrogen) atoms. The van der Waals surface area contributed by atoms with Gasteiger partial charge in [-0.3, -0.25) is 4.79 Å². The molecule has 0 saturated heterocycles. The van der Waals surface area contributed by atoms with E-state index in [1.807, 2.05) is 12.1 Å². The molecule has 1 rings (SSSR count). The average Bonchev–Trinajstić information content (AvgIpc) is 2.73. The molecule has 2 N–H and O–H groups in total. The highest BCUT2D eigenvalue weighted by atomic mass is 16.5. The summed E-state index contributed by atoms with van der Waals surface area (Å²) in [4.78, 5) is 29.5. The van der Waals surface area contributed by atoms with E-state index in [2.05, 4.69) is 36.3 Å². The van der Waals surface area contributed by atoms with Crippen LogP contribution in [0.2, 0.25) is 0 Å². The number of unbranched alkanes of at least 4 members (excludes halogenated alkanes) is 2. The van der Waals surface area contributed by atoms with Crippen LogP contribution < -0.4 is 15.5 Å². The van der Waals surface area contributed by atoms with Crippen LogP contribution in [0.15, 0.2) is 12.1 Å². The molecule has 0 aliphatic carbocycles. The van der Waals surface area contributed by atoms with Crippen molar-refractivity contribution < 1.29 is 14.3 Å². The lowest BCUT2D eigenvalue weighted by Gasteiger charge is -2.24. The van der Waals surface area contributed by atoms with Crippen LogP contribution in [0.4, 0.5) is 11.6 Å². The number of nitrogens with one attached hydrogen (secondary N) is 2. The Morgan fingerprint density at radius 3 is 2.69 bits per heavy atom. The number of rotatable bonds is 16. The number of pyridine rings is 1. The number of ether oxygens (including phenoxy) is 1. The number of carbonyl (C=O) groups excluding carboxylic acids is 2. The van der Waals surface area contributed by atoms with Crippen molar-refractivity contribution in [3.8, 4) is 0 Å². The number of hydrogen-bond acceptors (Lipinski definition) is 6. The van der Waals surface area contributed by atoms with Gasteiger partial charge in [0.15, 0.2) is 0 Å². The van der Waals surface area contributed by atoms with Gasteiger partial charge >= 0.3 is 0 Å². The Kier molecular flexibility index (Phi) is 12.7. The third kappa shape index (κ3) is 9.26. The van der Waals surface area contributed by atoms with Crippen LogP contribution in [0, 0.1) is 0 Å². The van der Waals surface area contributed by atoms with E-state index in [0.717, 1.165) is 44.5 Å². The third-order valence-electron chi connectivity index (χ3n) is 4.78. The zero-order valence-corrected chi connectivity index (χ0v) is 18.5. The van der Waals surface area contributed by atoms with Crippen molar-refractivity contribution >= 4 is 23.8 Å². The summed E-state index contributed by atoms with van der Waals surface area (Å²) in [5.41, 5.74) is 0.562. The van der Waals surface area contributed by atoms with Gasteiger partial charge in [-0.25, -0.2) is 4.98 Å². The monoisotopic (exact) mass is 406 g/mol. The lowest BCUT2D eigenvalue weighted by Crippen LogP contribution is -2.28. The summed E-state index contributed by atoms with van der Waals surface area (Å²) in [6.07, 6.45) is 6.75. The highest BCUT2D eigenvalue weighted by Gasteiger charge is 2.16. The van der Waals surface area contributed by atoms with E-state index >= 15 is 0 Å². The Balaban J connectivity index is 2.82. The zero-order valence-electron chi connectivity index (χ0n) is 18.5. The second kappa shape index (κ2) is 14.8. The number of nitrogens with zero attached hydrogens (tertiary/aromatic N) is 2. The van der Waals surface area contributed by atoms with E-state index in [1.165, 1.54) is 12.8 Å². The van der Waals surface area contributed by atoms with Crippen LogP contribution >= 0.6 is 0 Å². The number of aldehydes is 1. The minimum Gasteiger partial charge on any atom is -0.381 e. The summed E-state index contributed by atoms with van der Waals surface area (Å²) < 4.78 is 5.45. The van der Waals surface area contributed by atoms with Crippen molar-refractivity contribution in [2.75, 3.05) is 43.6 Å². The van der Waals surface area contributed by atoms with Gasteiger partial charge in [-0.05, 0) is 38.8 Å². The van der Waals surface area contributed by atoms with E-state index in [1.54, 1.807) is 7.05 Å². The van der Waals surface area contributed by atoms with Gasteiger partial charge in [-0.15, -0.1) is 0 Å². The highest BCUT2D eigenvalue weighted by molar-refractivity contribution is 5.98. The van der Waals surface area contributed by atoms with Gasteiger partial charge in [0, 0.05) is 39.2 Å². The first-order chi connectivity index (χ1) is 14.1. The van der Waals surface area contributed by atoms with Gasteiger partial charge < -0.3 is 25.1 Å². The number of hydrogen-bond donors (Lipinski definition) is 2. The Morgan fingerprint density at radius 1 is 1.24 bits per heavy atom. The van der Waals surface area contributed by atoms with Crippen molar-refractivity contribution in [1.29, 1.82) is 0 Å². The molecule has 1 unspecified atom stereocenters. The van der Waals surface area contributed by atoms with E-state index in [-0.39, 0.29) is 11.9 Å². The largest absolute Gasteiger partial charge is 0.381 e. The summed E-state index contributed by atoms with van der Waals surface area (Å²) in [6.45, 7) is 9.11. The Hall–Kier alpha value is -2.15. The molecule has 1 heterocycles. The molecule has 7 heteroatoms. The number of amides is 1. The number of anilines is 2. The van der Waals surface area contributed by atoms with E-state index in [4.69, 9.17) is 9.72 Å². The van der Waals surface area contributed by atoms with Crippen LogP contribution in [0.25, 0.3) is 0 Å². The topological polar surface area (TPSA) is 83.6 Å². The molecular weight excluding hydrogens is 368 g/mol. The maximum atomic E-state index is 12.3. The Morgan fingerprint density at radius 2 is 2.03 bits per heavy atom. The second-order valence-corrected chi connectivity index (χ2v) is 7.19. The van der Waals surface area contributed by atoms with Crippen LogP contribution in [0.1, 0.15) is 69.7 Å². The second-order valence-electron chi connectivity index (χ2n) is 7.19. The third-order valence-corrected chi connectivity index (χ3v) is 4.78. The Bertz CT molecular complexity index is 610. The summed E-state index contributed by atoms with van der Waals surface area (Å²) in [5, 5.41) is 6.13. The molecule has 0 bridgehead atoms. The molecule has 0 aromatic carbocycles. The molecule has 0 radical (unpaired) electrons. The van der Waals surface area contributed by atoms with Gasteiger partial charge in [-0.2, -0.15) is 0 Å². The molecule has 1 aromatic rings. The van der Waals surface area contributed by atoms with Gasteiger partial charge in [0.2, 0.25) is 0 Å². The minimum absolute atomic E-state index is 0.140. The van der Waals surface area contributed by atoms with Crippen molar-refractivity contribution in [1.82, 2.24) is 10.3 Å². The van der Waals surface area contributed by atoms with Crippen molar-refractivity contribution in [2.45, 2.75) is 65.3 Å². The van der Waals surface area contributed by atoms with Gasteiger partial charge in [0.25, 0.3) is 5.91 Å². The molecule has 1 amide bonds. The molecule has 1 aromatic heterocycles. The molecule has 1 atom stereocenters. The SMILES string of the molecule is CCCCCC(C)Nc1nc(N(CC)CCCOCCC=O)ccc1C(=O)NC. The van der Waals surface area contributed by atoms with Crippen LogP contribution in [0.3, 0.4) is 0 Å². The lowest BCUT2D eigenvalue weighted by molar-refractivity contribution is -0.108. The smallest absolute Gasteiger partial charge is 0.254 e. The first-order valence-electron chi connectivity index (χ1n) is 10.8. The molecule has 0 saturated carbocycles. The fourth-order valence-electron chi connectivity index (χ4n) is 3.08. The molecule has 0 fully saturated rings. The predicted octanol–water partition coefficient (Wildman–Crippen LogP) is 3.64. The maximum absolute atomic E-state index is 12.3. The van der Waals surface area contributed by atoms with Crippen molar-refractivity contribution in [3.05, 3.63) is 17.7 Å². The number of carbonyl (C=O) groups is 2. The quantitative estimate of drug-likeness (QED) is 0.322. The zero-order chi connectivity index (χ0) is 21.5. The van der Waals surface area contributed by atoms with E-state index < -0.39 is 0 Å². The van der Waals surface area contributed by atoms with Gasteiger partial charge in [0.1, 0.15) is 17.9 Å². The fraction of sp³-hybridized carbons (Fsp3) is 0.682. The lowest BCUT2D eigenvalue weighted by atomic mass is 10.1. The van der Waals surface area contributed by atoms with Crippen LogP contribution in [0.5, 0.6) is 0 Å². The standard InChI is InChI=1S/C22H38N4O3/c1-5-7-8-11-18(3)24-21-19(22(28)23-4)12-13-20(25-21)26(6-2)14-9-16-29-17-10-15-27/h12-13,15,18H,5-11,14,16-17H2,1-4H3,(H,23,28)(H,24,25). The normalized spacial score (nSPS) is 11.7.